The Morgan fingerprint density at radius 3 is 2.24 bits per heavy atom. The maximum atomic E-state index is 14.5. The Hall–Kier alpha value is -5.21. The van der Waals surface area contributed by atoms with Crippen LogP contribution < -0.4 is 15.4 Å². The van der Waals surface area contributed by atoms with Crippen LogP contribution in [-0.2, 0) is 41.4 Å². The summed E-state index contributed by atoms with van der Waals surface area (Å²) in [5, 5.41) is 14.2. The Morgan fingerprint density at radius 2 is 1.68 bits per heavy atom. The fourth-order valence-corrected chi connectivity index (χ4v) is 7.09. The third-order valence-electron chi connectivity index (χ3n) is 9.89. The van der Waals surface area contributed by atoms with Crippen molar-refractivity contribution in [1.29, 1.82) is 0 Å². The molecule has 1 aliphatic carbocycles. The first kappa shape index (κ1) is 49.5. The molecule has 1 aromatic heterocycles. The van der Waals surface area contributed by atoms with Crippen LogP contribution in [0.4, 0.5) is 23.2 Å². The van der Waals surface area contributed by atoms with Crippen LogP contribution in [0, 0.1) is 17.0 Å². The molecular formula is C42H60BF2N5O12. The molecule has 20 heteroatoms. The molecule has 17 nitrogen and oxygen atoms in total. The zero-order valence-electron chi connectivity index (χ0n) is 37.5. The highest BCUT2D eigenvalue weighted by Crippen LogP contribution is 2.53. The predicted octanol–water partition coefficient (Wildman–Crippen LogP) is 6.63. The summed E-state index contributed by atoms with van der Waals surface area (Å²) < 4.78 is 67.6. The first-order valence-electron chi connectivity index (χ1n) is 20.5. The van der Waals surface area contributed by atoms with Crippen LogP contribution in [0.5, 0.6) is 5.75 Å². The second-order valence-electron chi connectivity index (χ2n) is 17.0. The number of hydrogen-bond acceptors (Lipinski definition) is 14. The fourth-order valence-electron chi connectivity index (χ4n) is 7.09. The van der Waals surface area contributed by atoms with Gasteiger partial charge in [-0.1, -0.05) is 25.5 Å². The second-order valence-corrected chi connectivity index (χ2v) is 17.0. The molecule has 4 rings (SSSR count). The number of benzene rings is 1. The molecule has 0 bridgehead atoms. The fraction of sp³-hybridized carbons (Fsp3) is 0.595. The van der Waals surface area contributed by atoms with E-state index in [2.05, 4.69) is 10.3 Å². The van der Waals surface area contributed by atoms with Gasteiger partial charge in [0, 0.05) is 56.5 Å². The molecule has 2 aliphatic rings. The van der Waals surface area contributed by atoms with Crippen LogP contribution in [0.25, 0.3) is 5.57 Å². The minimum Gasteiger partial charge on any atom is -0.492 e. The molecule has 1 aromatic carbocycles. The normalized spacial score (nSPS) is 15.9. The van der Waals surface area contributed by atoms with Crippen LogP contribution in [-0.4, -0.2) is 115 Å². The number of methoxy groups -OCH3 is 1. The molecule has 2 amide bonds. The van der Waals surface area contributed by atoms with Gasteiger partial charge >= 0.3 is 25.5 Å². The van der Waals surface area contributed by atoms with Gasteiger partial charge in [0.15, 0.2) is 12.5 Å². The number of ether oxygens (including phenoxy) is 6. The van der Waals surface area contributed by atoms with Crippen LogP contribution in [0.2, 0.25) is 0 Å². The van der Waals surface area contributed by atoms with Gasteiger partial charge in [0.2, 0.25) is 0 Å². The van der Waals surface area contributed by atoms with Gasteiger partial charge in [-0.25, -0.2) is 23.2 Å². The van der Waals surface area contributed by atoms with Gasteiger partial charge in [-0.2, -0.15) is 4.97 Å². The zero-order valence-corrected chi connectivity index (χ0v) is 37.5. The van der Waals surface area contributed by atoms with Gasteiger partial charge in [-0.15, -0.1) is 0 Å². The van der Waals surface area contributed by atoms with Gasteiger partial charge in [-0.05, 0) is 79.4 Å². The first-order chi connectivity index (χ1) is 29.1. The van der Waals surface area contributed by atoms with Crippen molar-refractivity contribution in [3.8, 4) is 5.75 Å². The molecule has 2 heterocycles. The standard InChI is InChI=1S/C42H60BF2N5O12/c1-25(2)60-39(53)57-23-43(59-24-58-40(54)61-26(3)4)50(55)18-12-17-49(38(52)62-41(5,6)7)32-22-48-21-30(37(51)47-20-28-15-16-29(44)19-31(28)45)34(46-10)36(56-11)35(48)33(27-13-14-27)42(32,8)9/h15-16,19,21,25-26,32,55H,12-14,17-18,20,22-24H2,1-11H3,(H,47,51). The number of hydrogen-bond donors (Lipinski definition) is 2. The Balaban J connectivity index is 1.67. The summed E-state index contributed by atoms with van der Waals surface area (Å²) in [6.07, 6.45) is -0.176. The van der Waals surface area contributed by atoms with E-state index in [1.807, 2.05) is 18.4 Å². The van der Waals surface area contributed by atoms with Crippen molar-refractivity contribution in [2.75, 3.05) is 40.5 Å². The molecule has 0 radical (unpaired) electrons. The maximum absolute atomic E-state index is 14.5. The van der Waals surface area contributed by atoms with Crippen LogP contribution in [0.1, 0.15) is 103 Å². The summed E-state index contributed by atoms with van der Waals surface area (Å²) in [6, 6.07) is 2.51. The predicted molar refractivity (Wildman–Crippen MR) is 222 cm³/mol. The minimum atomic E-state index is -1.33. The lowest BCUT2D eigenvalue weighted by molar-refractivity contribution is -0.0619. The molecule has 1 unspecified atom stereocenters. The smallest absolute Gasteiger partial charge is 0.492 e. The number of fused-ring (bicyclic) bond motifs is 1. The van der Waals surface area contributed by atoms with Gasteiger partial charge in [-0.3, -0.25) is 9.79 Å². The van der Waals surface area contributed by atoms with Crippen molar-refractivity contribution in [3.63, 3.8) is 0 Å². The topological polar surface area (TPSA) is 189 Å². The number of allylic oxidation sites excluding steroid dienone is 1. The second kappa shape index (κ2) is 21.2. The van der Waals surface area contributed by atoms with Crippen LogP contribution in [0.15, 0.2) is 35.0 Å². The molecule has 1 fully saturated rings. The lowest BCUT2D eigenvalue weighted by Gasteiger charge is -2.48. The molecule has 1 atom stereocenters. The number of hydroxylamine groups is 1. The summed E-state index contributed by atoms with van der Waals surface area (Å²) in [6.45, 7) is 14.6. The average molecular weight is 876 g/mol. The van der Waals surface area contributed by atoms with Crippen molar-refractivity contribution in [2.45, 2.75) is 119 Å². The van der Waals surface area contributed by atoms with Crippen molar-refractivity contribution in [1.82, 2.24) is 19.8 Å². The lowest BCUT2D eigenvalue weighted by Crippen LogP contribution is -2.55. The quantitative estimate of drug-likeness (QED) is 0.0567. The molecular weight excluding hydrogens is 815 g/mol. The summed E-state index contributed by atoms with van der Waals surface area (Å²) in [7, 11) is 1.69. The summed E-state index contributed by atoms with van der Waals surface area (Å²) in [5.74, 6) is -1.78. The van der Waals surface area contributed by atoms with E-state index in [1.165, 1.54) is 20.2 Å². The largest absolute Gasteiger partial charge is 0.510 e. The SMILES string of the molecule is CN=c1c(C(=O)NCc2ccc(F)cc2F)cn2c(c1OC)C(=C1CC1)C(C)(C)C(N(CCCN(O)B(COC(=O)OC(C)C)OCOC(=O)OC(C)C)C(=O)OC(C)(C)C)C2. The van der Waals surface area contributed by atoms with Crippen molar-refractivity contribution < 1.29 is 66.2 Å². The molecule has 2 N–H and O–H groups in total. The molecule has 1 saturated carbocycles. The summed E-state index contributed by atoms with van der Waals surface area (Å²) >= 11 is 0. The molecule has 0 saturated heterocycles. The molecule has 0 spiro atoms. The maximum Gasteiger partial charge on any atom is 0.510 e. The number of amides is 2. The number of nitrogens with one attached hydrogen (secondary N) is 1. The van der Waals surface area contributed by atoms with E-state index >= 15 is 0 Å². The van der Waals surface area contributed by atoms with E-state index < -0.39 is 85.6 Å². The lowest BCUT2D eigenvalue weighted by atomic mass is 9.71. The van der Waals surface area contributed by atoms with E-state index in [-0.39, 0.29) is 49.1 Å². The monoisotopic (exact) mass is 875 g/mol. The highest BCUT2D eigenvalue weighted by Gasteiger charge is 2.48. The summed E-state index contributed by atoms with van der Waals surface area (Å²) in [5.41, 5.74) is 1.35. The van der Waals surface area contributed by atoms with E-state index in [0.717, 1.165) is 41.1 Å². The van der Waals surface area contributed by atoms with Crippen LogP contribution in [0.3, 0.4) is 0 Å². The van der Waals surface area contributed by atoms with E-state index in [9.17, 15) is 33.2 Å². The number of pyridine rings is 1. The van der Waals surface area contributed by atoms with Gasteiger partial charge in [0.1, 0.15) is 29.1 Å². The third-order valence-corrected chi connectivity index (χ3v) is 9.89. The number of halogens is 2. The molecule has 62 heavy (non-hydrogen) atoms. The number of aromatic nitrogens is 1. The summed E-state index contributed by atoms with van der Waals surface area (Å²) in [4.78, 5) is 59.1. The Kier molecular flexibility index (Phi) is 16.9. The number of carbonyl (C=O) groups is 4. The van der Waals surface area contributed by atoms with Gasteiger partial charge in [0.05, 0.1) is 36.6 Å². The van der Waals surface area contributed by atoms with Crippen molar-refractivity contribution in [3.05, 3.63) is 63.8 Å². The van der Waals surface area contributed by atoms with Gasteiger partial charge in [0.25, 0.3) is 5.91 Å². The van der Waals surface area contributed by atoms with E-state index in [1.54, 1.807) is 59.6 Å². The number of rotatable bonds is 17. The van der Waals surface area contributed by atoms with E-state index in [0.29, 0.717) is 11.4 Å². The number of nitrogens with zero attached hydrogens (tertiary/aromatic N) is 4. The Morgan fingerprint density at radius 1 is 1.03 bits per heavy atom. The third kappa shape index (κ3) is 13.2. The highest BCUT2D eigenvalue weighted by molar-refractivity contribution is 6.48. The Labute approximate surface area is 361 Å². The first-order valence-corrected chi connectivity index (χ1v) is 20.5. The highest BCUT2D eigenvalue weighted by atomic mass is 19.1. The molecule has 342 valence electrons. The van der Waals surface area contributed by atoms with Crippen LogP contribution >= 0.6 is 0 Å². The molecule has 2 aromatic rings. The van der Waals surface area contributed by atoms with Crippen molar-refractivity contribution >= 4 is 36.9 Å². The number of carbonyl (C=O) groups excluding carboxylic acids is 4. The minimum absolute atomic E-state index is 0.0504. The zero-order chi connectivity index (χ0) is 46.1. The molecule has 1 aliphatic heterocycles. The van der Waals surface area contributed by atoms with E-state index in [4.69, 9.17) is 33.1 Å². The Bertz CT molecular complexity index is 2050. The van der Waals surface area contributed by atoms with Crippen molar-refractivity contribution in [2.24, 2.45) is 10.4 Å². The average Bonchev–Trinajstić information content (AvgIpc) is 4.00. The van der Waals surface area contributed by atoms with Gasteiger partial charge < -0.3 is 53.1 Å².